The minimum absolute atomic E-state index is 0.536. The van der Waals surface area contributed by atoms with Gasteiger partial charge in [-0.1, -0.05) is 237 Å². The van der Waals surface area contributed by atoms with Crippen LogP contribution >= 0.6 is 0 Å². The Morgan fingerprint density at radius 2 is 0.766 bits per heavy atom. The van der Waals surface area contributed by atoms with Gasteiger partial charge in [-0.3, -0.25) is 0 Å². The van der Waals surface area contributed by atoms with E-state index in [0.717, 1.165) is 22.6 Å². The molecule has 11 aromatic carbocycles. The Morgan fingerprint density at radius 1 is 0.281 bits per heavy atom. The predicted molar refractivity (Wildman–Crippen MR) is 270 cm³/mol. The molecule has 1 aliphatic rings. The Morgan fingerprint density at radius 3 is 1.48 bits per heavy atom. The molecule has 0 saturated carbocycles. The summed E-state index contributed by atoms with van der Waals surface area (Å²) in [6.45, 7) is 0. The minimum Gasteiger partial charge on any atom is -0.309 e. The summed E-state index contributed by atoms with van der Waals surface area (Å²) in [5.41, 5.74) is 17.5. The average molecular weight is 814 g/mol. The highest BCUT2D eigenvalue weighted by Gasteiger charge is 2.47. The average Bonchev–Trinajstić information content (AvgIpc) is 3.69. The number of fused-ring (bicyclic) bond motifs is 6. The van der Waals surface area contributed by atoms with Crippen molar-refractivity contribution in [2.45, 2.75) is 5.41 Å². The number of nitrogens with zero attached hydrogens (tertiary/aromatic N) is 1. The van der Waals surface area contributed by atoms with Gasteiger partial charge in [0.2, 0.25) is 0 Å². The molecule has 0 aromatic heterocycles. The van der Waals surface area contributed by atoms with E-state index in [9.17, 15) is 0 Å². The first-order valence-electron chi connectivity index (χ1n) is 22.2. The summed E-state index contributed by atoms with van der Waals surface area (Å²) in [6.07, 6.45) is 0. The van der Waals surface area contributed by atoms with E-state index in [1.165, 1.54) is 82.7 Å². The standard InChI is InChI=1S/C63H43N/c1-4-21-44(22-5-1)51-29-12-13-30-53(51)54-31-14-15-32-55(54)56-33-17-19-37-60(56)64(49-41-42-52-46(43-49)40-39-45-23-10-11-28-50(45)52)61-38-20-36-59-62(61)57-34-16-18-35-58(57)63(59,47-24-6-2-7-25-47)48-26-8-3-9-27-48/h1-43H. The van der Waals surface area contributed by atoms with Crippen LogP contribution in [0.5, 0.6) is 0 Å². The Hall–Kier alpha value is -8.26. The number of anilines is 3. The minimum atomic E-state index is -0.536. The van der Waals surface area contributed by atoms with Crippen LogP contribution in [0.3, 0.4) is 0 Å². The lowest BCUT2D eigenvalue weighted by molar-refractivity contribution is 0.768. The molecule has 0 spiro atoms. The van der Waals surface area contributed by atoms with E-state index in [1.54, 1.807) is 0 Å². The molecule has 0 atom stereocenters. The molecule has 0 amide bonds. The van der Waals surface area contributed by atoms with E-state index < -0.39 is 5.41 Å². The van der Waals surface area contributed by atoms with Crippen LogP contribution in [-0.2, 0) is 5.41 Å². The summed E-state index contributed by atoms with van der Waals surface area (Å²) in [5.74, 6) is 0. The molecule has 11 aromatic rings. The molecule has 12 rings (SSSR count). The van der Waals surface area contributed by atoms with Crippen LogP contribution in [0.1, 0.15) is 22.3 Å². The van der Waals surface area contributed by atoms with E-state index in [0.29, 0.717) is 0 Å². The van der Waals surface area contributed by atoms with E-state index in [-0.39, 0.29) is 0 Å². The number of hydrogen-bond acceptors (Lipinski definition) is 1. The van der Waals surface area contributed by atoms with Gasteiger partial charge in [-0.15, -0.1) is 0 Å². The molecule has 0 saturated heterocycles. The number of benzene rings is 11. The lowest BCUT2D eigenvalue weighted by atomic mass is 9.68. The van der Waals surface area contributed by atoms with Crippen LogP contribution < -0.4 is 4.90 Å². The van der Waals surface area contributed by atoms with Crippen LogP contribution in [0.2, 0.25) is 0 Å². The fourth-order valence-corrected chi connectivity index (χ4v) is 10.6. The van der Waals surface area contributed by atoms with Gasteiger partial charge in [0.15, 0.2) is 0 Å². The highest BCUT2D eigenvalue weighted by Crippen LogP contribution is 2.60. The predicted octanol–water partition coefficient (Wildman–Crippen LogP) is 16.8. The van der Waals surface area contributed by atoms with Crippen molar-refractivity contribution in [2.75, 3.05) is 4.90 Å². The highest BCUT2D eigenvalue weighted by atomic mass is 15.1. The molecule has 0 N–H and O–H groups in total. The van der Waals surface area contributed by atoms with E-state index in [2.05, 4.69) is 266 Å². The summed E-state index contributed by atoms with van der Waals surface area (Å²) in [6, 6.07) is 96.0. The van der Waals surface area contributed by atoms with Gasteiger partial charge in [0.25, 0.3) is 0 Å². The van der Waals surface area contributed by atoms with Crippen molar-refractivity contribution in [3.8, 4) is 44.5 Å². The molecule has 0 fully saturated rings. The van der Waals surface area contributed by atoms with E-state index >= 15 is 0 Å². The van der Waals surface area contributed by atoms with Crippen molar-refractivity contribution < 1.29 is 0 Å². The zero-order valence-electron chi connectivity index (χ0n) is 35.3. The highest BCUT2D eigenvalue weighted by molar-refractivity contribution is 6.09. The first-order valence-corrected chi connectivity index (χ1v) is 22.2. The Balaban J connectivity index is 1.15. The van der Waals surface area contributed by atoms with Crippen molar-refractivity contribution in [2.24, 2.45) is 0 Å². The van der Waals surface area contributed by atoms with E-state index in [4.69, 9.17) is 0 Å². The summed E-state index contributed by atoms with van der Waals surface area (Å²) >= 11 is 0. The third-order valence-electron chi connectivity index (χ3n) is 13.4. The summed E-state index contributed by atoms with van der Waals surface area (Å²) < 4.78 is 0. The van der Waals surface area contributed by atoms with Crippen molar-refractivity contribution in [3.05, 3.63) is 283 Å². The number of rotatable bonds is 8. The van der Waals surface area contributed by atoms with Gasteiger partial charge in [0.1, 0.15) is 0 Å². The van der Waals surface area contributed by atoms with Crippen molar-refractivity contribution in [3.63, 3.8) is 0 Å². The van der Waals surface area contributed by atoms with Crippen molar-refractivity contribution in [1.29, 1.82) is 0 Å². The quantitative estimate of drug-likeness (QED) is 0.138. The molecule has 0 bridgehead atoms. The number of hydrogen-bond donors (Lipinski definition) is 0. The van der Waals surface area contributed by atoms with Gasteiger partial charge in [-0.25, -0.2) is 0 Å². The maximum Gasteiger partial charge on any atom is 0.0714 e. The molecular weight excluding hydrogens is 771 g/mol. The normalized spacial score (nSPS) is 12.5. The summed E-state index contributed by atoms with van der Waals surface area (Å²) in [4.78, 5) is 2.53. The molecule has 300 valence electrons. The molecule has 1 nitrogen and oxygen atoms in total. The second-order valence-corrected chi connectivity index (χ2v) is 16.7. The zero-order valence-corrected chi connectivity index (χ0v) is 35.3. The Kier molecular flexibility index (Phi) is 9.13. The van der Waals surface area contributed by atoms with Gasteiger partial charge in [0.05, 0.1) is 16.8 Å². The molecule has 1 heteroatoms. The van der Waals surface area contributed by atoms with Crippen molar-refractivity contribution >= 4 is 38.6 Å². The summed E-state index contributed by atoms with van der Waals surface area (Å²) in [7, 11) is 0. The second kappa shape index (κ2) is 15.6. The third-order valence-corrected chi connectivity index (χ3v) is 13.4. The van der Waals surface area contributed by atoms with Gasteiger partial charge in [0, 0.05) is 16.8 Å². The van der Waals surface area contributed by atoms with Crippen LogP contribution in [0.15, 0.2) is 261 Å². The van der Waals surface area contributed by atoms with Gasteiger partial charge in [-0.05, 0) is 101 Å². The zero-order chi connectivity index (χ0) is 42.5. The molecule has 64 heavy (non-hydrogen) atoms. The molecule has 0 aliphatic heterocycles. The number of para-hydroxylation sites is 1. The first kappa shape index (κ1) is 37.5. The van der Waals surface area contributed by atoms with Crippen LogP contribution in [-0.4, -0.2) is 0 Å². The largest absolute Gasteiger partial charge is 0.309 e. The molecule has 0 heterocycles. The fourth-order valence-electron chi connectivity index (χ4n) is 10.6. The maximum atomic E-state index is 2.53. The lowest BCUT2D eigenvalue weighted by Crippen LogP contribution is -2.28. The van der Waals surface area contributed by atoms with Crippen LogP contribution in [0.25, 0.3) is 66.1 Å². The summed E-state index contributed by atoms with van der Waals surface area (Å²) in [5, 5.41) is 4.95. The first-order chi connectivity index (χ1) is 31.8. The molecule has 0 unspecified atom stereocenters. The van der Waals surface area contributed by atoms with Crippen LogP contribution in [0.4, 0.5) is 17.1 Å². The van der Waals surface area contributed by atoms with E-state index in [1.807, 2.05) is 0 Å². The SMILES string of the molecule is c1ccc(-c2ccccc2-c2ccccc2-c2ccccc2N(c2ccc3c(ccc4ccccc43)c2)c2cccc3c2-c2ccccc2C3(c2ccccc2)c2ccccc2)cc1. The molecule has 1 aliphatic carbocycles. The monoisotopic (exact) mass is 813 g/mol. The van der Waals surface area contributed by atoms with Crippen LogP contribution in [0, 0.1) is 0 Å². The second-order valence-electron chi connectivity index (χ2n) is 16.7. The topological polar surface area (TPSA) is 3.24 Å². The van der Waals surface area contributed by atoms with Gasteiger partial charge in [-0.2, -0.15) is 0 Å². The smallest absolute Gasteiger partial charge is 0.0714 e. The Bertz CT molecular complexity index is 3460. The third kappa shape index (κ3) is 5.93. The van der Waals surface area contributed by atoms with Gasteiger partial charge >= 0.3 is 0 Å². The lowest BCUT2D eigenvalue weighted by Gasteiger charge is -2.34. The fraction of sp³-hybridized carbons (Fsp3) is 0.0159. The Labute approximate surface area is 374 Å². The maximum absolute atomic E-state index is 2.53. The van der Waals surface area contributed by atoms with Gasteiger partial charge < -0.3 is 4.90 Å². The van der Waals surface area contributed by atoms with Crippen molar-refractivity contribution in [1.82, 2.24) is 0 Å². The molecule has 0 radical (unpaired) electrons. The molecular formula is C63H43N.